The number of likely N-dealkylation sites (N-methyl/N-ethyl adjacent to an activating group) is 1. The lowest BCUT2D eigenvalue weighted by Crippen LogP contribution is -2.44. The van der Waals surface area contributed by atoms with E-state index in [1.807, 2.05) is 26.0 Å². The molecular weight excluding hydrogens is 360 g/mol. The zero-order chi connectivity index (χ0) is 17.0. The molecule has 23 heavy (non-hydrogen) atoms. The minimum absolute atomic E-state index is 0.300. The van der Waals surface area contributed by atoms with Gasteiger partial charge >= 0.3 is 5.97 Å². The summed E-state index contributed by atoms with van der Waals surface area (Å²) in [6, 6.07) is 3.88. The average molecular weight is 385 g/mol. The molecule has 1 aromatic carbocycles. The molecule has 0 atom stereocenters. The van der Waals surface area contributed by atoms with E-state index in [9.17, 15) is 4.79 Å². The fourth-order valence-electron chi connectivity index (χ4n) is 2.51. The van der Waals surface area contributed by atoms with Gasteiger partial charge in [-0.25, -0.2) is 4.79 Å². The van der Waals surface area contributed by atoms with E-state index in [0.29, 0.717) is 23.8 Å². The summed E-state index contributed by atoms with van der Waals surface area (Å²) >= 11 is 3.52. The lowest BCUT2D eigenvalue weighted by Gasteiger charge is -2.34. The van der Waals surface area contributed by atoms with E-state index in [4.69, 9.17) is 9.47 Å². The molecule has 6 heteroatoms. The number of carbonyl (C=O) groups is 1. The Hall–Kier alpha value is -1.27. The van der Waals surface area contributed by atoms with E-state index in [-0.39, 0.29) is 5.97 Å². The third-order valence-electron chi connectivity index (χ3n) is 3.87. The smallest absolute Gasteiger partial charge is 0.342 e. The van der Waals surface area contributed by atoms with E-state index in [0.717, 1.165) is 36.3 Å². The number of benzene rings is 1. The maximum absolute atomic E-state index is 12.4. The lowest BCUT2D eigenvalue weighted by molar-refractivity contribution is 0.0455. The van der Waals surface area contributed by atoms with Gasteiger partial charge in [0.2, 0.25) is 0 Å². The standard InChI is InChI=1S/C17H25BrN2O3/c1-12(2)11-23-17(21)14-9-13(10-15(18)16(14)22-4)20-7-5-19(3)6-8-20/h9-10,12H,5-8,11H2,1-4H3. The summed E-state index contributed by atoms with van der Waals surface area (Å²) < 4.78 is 11.5. The summed E-state index contributed by atoms with van der Waals surface area (Å²) in [4.78, 5) is 17.0. The van der Waals surface area contributed by atoms with Gasteiger partial charge in [-0.2, -0.15) is 0 Å². The van der Waals surface area contributed by atoms with Crippen molar-refractivity contribution in [1.29, 1.82) is 0 Å². The van der Waals surface area contributed by atoms with Crippen LogP contribution < -0.4 is 9.64 Å². The molecule has 0 N–H and O–H groups in total. The third kappa shape index (κ3) is 4.61. The maximum Gasteiger partial charge on any atom is 0.342 e. The van der Waals surface area contributed by atoms with Crippen LogP contribution in [0.25, 0.3) is 0 Å². The molecular formula is C17H25BrN2O3. The Morgan fingerprint density at radius 1 is 1.26 bits per heavy atom. The largest absolute Gasteiger partial charge is 0.495 e. The molecule has 1 aliphatic rings. The minimum atomic E-state index is -0.341. The van der Waals surface area contributed by atoms with Crippen molar-refractivity contribution < 1.29 is 14.3 Å². The molecule has 5 nitrogen and oxygen atoms in total. The highest BCUT2D eigenvalue weighted by Gasteiger charge is 2.22. The SMILES string of the molecule is COc1c(Br)cc(N2CCN(C)CC2)cc1C(=O)OCC(C)C. The average Bonchev–Trinajstić information content (AvgIpc) is 2.52. The van der Waals surface area contributed by atoms with Crippen LogP contribution in [0.15, 0.2) is 16.6 Å². The van der Waals surface area contributed by atoms with Gasteiger partial charge in [-0.3, -0.25) is 0 Å². The zero-order valence-corrected chi connectivity index (χ0v) is 15.9. The van der Waals surface area contributed by atoms with Crippen LogP contribution in [0.3, 0.4) is 0 Å². The minimum Gasteiger partial charge on any atom is -0.495 e. The van der Waals surface area contributed by atoms with Crippen LogP contribution in [0.2, 0.25) is 0 Å². The molecule has 1 fully saturated rings. The Balaban J connectivity index is 2.27. The van der Waals surface area contributed by atoms with Crippen molar-refractivity contribution >= 4 is 27.6 Å². The molecule has 1 saturated heterocycles. The molecule has 128 valence electrons. The number of halogens is 1. The second kappa shape index (κ2) is 8.02. The van der Waals surface area contributed by atoms with Gasteiger partial charge in [0, 0.05) is 31.9 Å². The molecule has 0 radical (unpaired) electrons. The van der Waals surface area contributed by atoms with E-state index in [1.165, 1.54) is 0 Å². The van der Waals surface area contributed by atoms with Crippen molar-refractivity contribution in [3.05, 3.63) is 22.2 Å². The number of nitrogens with zero attached hydrogens (tertiary/aromatic N) is 2. The summed E-state index contributed by atoms with van der Waals surface area (Å²) in [7, 11) is 3.69. The topological polar surface area (TPSA) is 42.0 Å². The van der Waals surface area contributed by atoms with Gasteiger partial charge < -0.3 is 19.3 Å². The van der Waals surface area contributed by atoms with Gasteiger partial charge in [0.05, 0.1) is 18.2 Å². The predicted octanol–water partition coefficient (Wildman–Crippen LogP) is 3.02. The summed E-state index contributed by atoms with van der Waals surface area (Å²) in [5, 5.41) is 0. The Kier molecular flexibility index (Phi) is 6.30. The van der Waals surface area contributed by atoms with Crippen LogP contribution in [0.5, 0.6) is 5.75 Å². The quantitative estimate of drug-likeness (QED) is 0.729. The zero-order valence-electron chi connectivity index (χ0n) is 14.3. The molecule has 1 aromatic rings. The first-order valence-electron chi connectivity index (χ1n) is 7.90. The fourth-order valence-corrected chi connectivity index (χ4v) is 3.12. The van der Waals surface area contributed by atoms with Crippen LogP contribution in [0, 0.1) is 5.92 Å². The van der Waals surface area contributed by atoms with Crippen molar-refractivity contribution in [1.82, 2.24) is 4.90 Å². The van der Waals surface area contributed by atoms with Gasteiger partial charge in [0.1, 0.15) is 11.3 Å². The highest BCUT2D eigenvalue weighted by molar-refractivity contribution is 9.10. The summed E-state index contributed by atoms with van der Waals surface area (Å²) in [6.07, 6.45) is 0. The molecule has 0 aromatic heterocycles. The molecule has 0 spiro atoms. The molecule has 0 bridgehead atoms. The number of methoxy groups -OCH3 is 1. The monoisotopic (exact) mass is 384 g/mol. The Morgan fingerprint density at radius 2 is 1.91 bits per heavy atom. The van der Waals surface area contributed by atoms with Crippen molar-refractivity contribution in [3.63, 3.8) is 0 Å². The highest BCUT2D eigenvalue weighted by Crippen LogP contribution is 2.35. The van der Waals surface area contributed by atoms with Gasteiger partial charge in [-0.15, -0.1) is 0 Å². The number of ether oxygens (including phenoxy) is 2. The normalized spacial score (nSPS) is 15.8. The van der Waals surface area contributed by atoms with E-state index in [2.05, 4.69) is 32.8 Å². The molecule has 0 aliphatic carbocycles. The molecule has 0 unspecified atom stereocenters. The van der Waals surface area contributed by atoms with E-state index < -0.39 is 0 Å². The molecule has 0 saturated carbocycles. The number of hydrogen-bond donors (Lipinski definition) is 0. The van der Waals surface area contributed by atoms with E-state index >= 15 is 0 Å². The van der Waals surface area contributed by atoms with Crippen LogP contribution in [-0.4, -0.2) is 57.8 Å². The molecule has 1 heterocycles. The number of rotatable bonds is 5. The second-order valence-corrected chi connectivity index (χ2v) is 7.15. The van der Waals surface area contributed by atoms with Crippen LogP contribution >= 0.6 is 15.9 Å². The first-order chi connectivity index (χ1) is 10.9. The predicted molar refractivity (Wildman–Crippen MR) is 95.5 cm³/mol. The molecule has 0 amide bonds. The molecule has 2 rings (SSSR count). The second-order valence-electron chi connectivity index (χ2n) is 6.29. The lowest BCUT2D eigenvalue weighted by atomic mass is 10.1. The van der Waals surface area contributed by atoms with Crippen LogP contribution in [0.1, 0.15) is 24.2 Å². The van der Waals surface area contributed by atoms with Crippen molar-refractivity contribution in [2.45, 2.75) is 13.8 Å². The summed E-state index contributed by atoms with van der Waals surface area (Å²) in [5.74, 6) is 0.484. The van der Waals surface area contributed by atoms with Gasteiger partial charge in [-0.05, 0) is 41.0 Å². The molecule has 1 aliphatic heterocycles. The third-order valence-corrected chi connectivity index (χ3v) is 4.46. The maximum atomic E-state index is 12.4. The number of esters is 1. The van der Waals surface area contributed by atoms with Crippen molar-refractivity contribution in [2.24, 2.45) is 5.92 Å². The number of carbonyl (C=O) groups excluding carboxylic acids is 1. The first-order valence-corrected chi connectivity index (χ1v) is 8.69. The van der Waals surface area contributed by atoms with E-state index in [1.54, 1.807) is 7.11 Å². The summed E-state index contributed by atoms with van der Waals surface area (Å²) in [5.41, 5.74) is 1.48. The van der Waals surface area contributed by atoms with Crippen LogP contribution in [-0.2, 0) is 4.74 Å². The van der Waals surface area contributed by atoms with Gasteiger partial charge in [-0.1, -0.05) is 13.8 Å². The van der Waals surface area contributed by atoms with Crippen molar-refractivity contribution in [2.75, 3.05) is 51.8 Å². The van der Waals surface area contributed by atoms with Crippen molar-refractivity contribution in [3.8, 4) is 5.75 Å². The van der Waals surface area contributed by atoms with Gasteiger partial charge in [0.25, 0.3) is 0 Å². The van der Waals surface area contributed by atoms with Crippen LogP contribution in [0.4, 0.5) is 5.69 Å². The number of hydrogen-bond acceptors (Lipinski definition) is 5. The number of anilines is 1. The fraction of sp³-hybridized carbons (Fsp3) is 0.588. The Morgan fingerprint density at radius 3 is 2.48 bits per heavy atom. The Labute approximate surface area is 146 Å². The highest BCUT2D eigenvalue weighted by atomic mass is 79.9. The first kappa shape index (κ1) is 18.1. The summed E-state index contributed by atoms with van der Waals surface area (Å²) in [6.45, 7) is 8.33. The number of piperazine rings is 1. The Bertz CT molecular complexity index is 555. The van der Waals surface area contributed by atoms with Gasteiger partial charge in [0.15, 0.2) is 0 Å².